The molecule has 1 heterocycles. The molecule has 2 aromatic rings. The van der Waals surface area contributed by atoms with Gasteiger partial charge in [-0.25, -0.2) is 0 Å². The van der Waals surface area contributed by atoms with Gasteiger partial charge in [-0.2, -0.15) is 0 Å². The van der Waals surface area contributed by atoms with Crippen molar-refractivity contribution in [2.24, 2.45) is 0 Å². The van der Waals surface area contributed by atoms with Gasteiger partial charge in [0.25, 0.3) is 5.91 Å². The molecule has 0 fully saturated rings. The number of carbonyl (C=O) groups is 1. The molecule has 1 aromatic carbocycles. The van der Waals surface area contributed by atoms with Gasteiger partial charge in [0.05, 0.1) is 9.35 Å². The van der Waals surface area contributed by atoms with E-state index in [2.05, 4.69) is 15.9 Å². The molecule has 112 valence electrons. The molecule has 0 saturated carbocycles. The number of amides is 1. The Bertz CT molecular complexity index is 654. The summed E-state index contributed by atoms with van der Waals surface area (Å²) in [6.07, 6.45) is 0. The normalized spacial score (nSPS) is 10.5. The van der Waals surface area contributed by atoms with E-state index in [9.17, 15) is 4.79 Å². The fraction of sp³-hybridized carbons (Fsp3) is 0.267. The van der Waals surface area contributed by atoms with Gasteiger partial charge in [0.2, 0.25) is 0 Å². The zero-order valence-electron chi connectivity index (χ0n) is 12.3. The molecule has 6 heteroatoms. The maximum Gasteiger partial charge on any atom is 0.256 e. The molecule has 4 nitrogen and oxygen atoms in total. The third kappa shape index (κ3) is 3.77. The van der Waals surface area contributed by atoms with Crippen LogP contribution in [0.3, 0.4) is 0 Å². The van der Waals surface area contributed by atoms with Gasteiger partial charge in [-0.05, 0) is 51.1 Å². The lowest BCUT2D eigenvalue weighted by atomic mass is 10.1. The minimum Gasteiger partial charge on any atom is -0.399 e. The summed E-state index contributed by atoms with van der Waals surface area (Å²) in [4.78, 5) is 16.3. The molecule has 0 aliphatic carbocycles. The second kappa shape index (κ2) is 6.49. The lowest BCUT2D eigenvalue weighted by Crippen LogP contribution is -2.28. The van der Waals surface area contributed by atoms with Gasteiger partial charge >= 0.3 is 0 Å². The largest absolute Gasteiger partial charge is 0.399 e. The molecule has 0 radical (unpaired) electrons. The highest BCUT2D eigenvalue weighted by Crippen LogP contribution is 2.25. The van der Waals surface area contributed by atoms with Crippen molar-refractivity contribution >= 4 is 44.5 Å². The Labute approximate surface area is 137 Å². The Hall–Kier alpha value is -1.53. The van der Waals surface area contributed by atoms with E-state index in [0.717, 1.165) is 15.0 Å². The summed E-state index contributed by atoms with van der Waals surface area (Å²) in [5.41, 5.74) is 9.02. The van der Waals surface area contributed by atoms with Crippen molar-refractivity contribution in [2.45, 2.75) is 6.54 Å². The zero-order chi connectivity index (χ0) is 15.6. The SMILES string of the molecule is CN(Cc1csc(Br)c1)C(=O)c1cc(N)ccc1N(C)C. The van der Waals surface area contributed by atoms with Crippen LogP contribution in [0, 0.1) is 0 Å². The lowest BCUT2D eigenvalue weighted by molar-refractivity contribution is 0.0786. The maximum absolute atomic E-state index is 12.7. The summed E-state index contributed by atoms with van der Waals surface area (Å²) < 4.78 is 1.07. The Morgan fingerprint density at radius 1 is 1.29 bits per heavy atom. The van der Waals surface area contributed by atoms with Crippen LogP contribution < -0.4 is 10.6 Å². The van der Waals surface area contributed by atoms with Crippen molar-refractivity contribution in [1.82, 2.24) is 4.90 Å². The van der Waals surface area contributed by atoms with Gasteiger partial charge in [0, 0.05) is 39.1 Å². The van der Waals surface area contributed by atoms with Crippen molar-refractivity contribution in [1.29, 1.82) is 0 Å². The first kappa shape index (κ1) is 15.9. The van der Waals surface area contributed by atoms with Gasteiger partial charge < -0.3 is 15.5 Å². The van der Waals surface area contributed by atoms with E-state index in [1.54, 1.807) is 29.4 Å². The average molecular weight is 368 g/mol. The Morgan fingerprint density at radius 2 is 2.00 bits per heavy atom. The Balaban J connectivity index is 2.24. The summed E-state index contributed by atoms with van der Waals surface area (Å²) in [5, 5.41) is 2.04. The molecular weight excluding hydrogens is 350 g/mol. The van der Waals surface area contributed by atoms with Gasteiger partial charge in [-0.15, -0.1) is 11.3 Å². The second-order valence-electron chi connectivity index (χ2n) is 5.09. The minimum atomic E-state index is -0.0340. The summed E-state index contributed by atoms with van der Waals surface area (Å²) in [6, 6.07) is 7.44. The van der Waals surface area contributed by atoms with Crippen LogP contribution in [0.15, 0.2) is 33.4 Å². The van der Waals surface area contributed by atoms with Gasteiger partial charge in [-0.3, -0.25) is 4.79 Å². The highest BCUT2D eigenvalue weighted by molar-refractivity contribution is 9.11. The number of hydrogen-bond donors (Lipinski definition) is 1. The number of thiophene rings is 1. The van der Waals surface area contributed by atoms with Crippen LogP contribution in [-0.2, 0) is 6.54 Å². The number of halogens is 1. The third-order valence-electron chi connectivity index (χ3n) is 3.12. The molecule has 0 aliphatic rings. The quantitative estimate of drug-likeness (QED) is 0.842. The molecule has 0 unspecified atom stereocenters. The zero-order valence-corrected chi connectivity index (χ0v) is 14.7. The van der Waals surface area contributed by atoms with Crippen molar-refractivity contribution < 1.29 is 4.79 Å². The van der Waals surface area contributed by atoms with E-state index >= 15 is 0 Å². The first-order chi connectivity index (χ1) is 9.88. The van der Waals surface area contributed by atoms with Crippen LogP contribution >= 0.6 is 27.3 Å². The van der Waals surface area contributed by atoms with E-state index < -0.39 is 0 Å². The van der Waals surface area contributed by atoms with Crippen molar-refractivity contribution in [2.75, 3.05) is 31.8 Å². The van der Waals surface area contributed by atoms with E-state index in [-0.39, 0.29) is 5.91 Å². The van der Waals surface area contributed by atoms with Gasteiger partial charge in [0.1, 0.15) is 0 Å². The predicted molar refractivity (Wildman–Crippen MR) is 93.0 cm³/mol. The number of anilines is 2. The third-order valence-corrected chi connectivity index (χ3v) is 4.67. The van der Waals surface area contributed by atoms with Crippen LogP contribution in [0.4, 0.5) is 11.4 Å². The smallest absolute Gasteiger partial charge is 0.256 e. The molecule has 0 aliphatic heterocycles. The summed E-state index contributed by atoms with van der Waals surface area (Å²) >= 11 is 5.05. The molecule has 21 heavy (non-hydrogen) atoms. The molecule has 2 N–H and O–H groups in total. The fourth-order valence-electron chi connectivity index (χ4n) is 2.09. The molecule has 0 saturated heterocycles. The number of nitrogens with zero attached hydrogens (tertiary/aromatic N) is 2. The molecule has 0 bridgehead atoms. The first-order valence-electron chi connectivity index (χ1n) is 6.43. The fourth-order valence-corrected chi connectivity index (χ4v) is 3.30. The van der Waals surface area contributed by atoms with Crippen molar-refractivity contribution in [3.8, 4) is 0 Å². The predicted octanol–water partition coefficient (Wildman–Crippen LogP) is 3.43. The van der Waals surface area contributed by atoms with Crippen molar-refractivity contribution in [3.05, 3.63) is 44.6 Å². The number of hydrogen-bond acceptors (Lipinski definition) is 4. The van der Waals surface area contributed by atoms with Crippen LogP contribution in [0.2, 0.25) is 0 Å². The highest BCUT2D eigenvalue weighted by Gasteiger charge is 2.18. The standard InChI is InChI=1S/C15H18BrN3OS/c1-18(2)13-5-4-11(17)7-12(13)15(20)19(3)8-10-6-14(16)21-9-10/h4-7,9H,8,17H2,1-3H3. The average Bonchev–Trinajstić information content (AvgIpc) is 2.82. The summed E-state index contributed by atoms with van der Waals surface area (Å²) in [6.45, 7) is 0.572. The van der Waals surface area contributed by atoms with Crippen LogP contribution in [0.25, 0.3) is 0 Å². The highest BCUT2D eigenvalue weighted by atomic mass is 79.9. The van der Waals surface area contributed by atoms with Crippen LogP contribution in [-0.4, -0.2) is 32.0 Å². The second-order valence-corrected chi connectivity index (χ2v) is 7.38. The van der Waals surface area contributed by atoms with Crippen LogP contribution in [0.5, 0.6) is 0 Å². The van der Waals surface area contributed by atoms with E-state index in [0.29, 0.717) is 17.8 Å². The number of nitrogen functional groups attached to an aromatic ring is 1. The van der Waals surface area contributed by atoms with E-state index in [4.69, 9.17) is 5.73 Å². The summed E-state index contributed by atoms with van der Waals surface area (Å²) in [7, 11) is 5.63. The molecule has 2 rings (SSSR count). The van der Waals surface area contributed by atoms with E-state index in [1.165, 1.54) is 0 Å². The van der Waals surface area contributed by atoms with Crippen molar-refractivity contribution in [3.63, 3.8) is 0 Å². The number of nitrogens with two attached hydrogens (primary N) is 1. The lowest BCUT2D eigenvalue weighted by Gasteiger charge is -2.22. The Morgan fingerprint density at radius 3 is 2.57 bits per heavy atom. The molecule has 1 aromatic heterocycles. The Kier molecular flexibility index (Phi) is 4.90. The number of benzene rings is 1. The van der Waals surface area contributed by atoms with E-state index in [1.807, 2.05) is 42.6 Å². The molecule has 0 spiro atoms. The van der Waals surface area contributed by atoms with Crippen LogP contribution in [0.1, 0.15) is 15.9 Å². The maximum atomic E-state index is 12.7. The molecular formula is C15H18BrN3OS. The van der Waals surface area contributed by atoms with Gasteiger partial charge in [0.15, 0.2) is 0 Å². The number of rotatable bonds is 4. The molecule has 0 atom stereocenters. The minimum absolute atomic E-state index is 0.0340. The topological polar surface area (TPSA) is 49.6 Å². The molecule has 1 amide bonds. The monoisotopic (exact) mass is 367 g/mol. The first-order valence-corrected chi connectivity index (χ1v) is 8.11. The van der Waals surface area contributed by atoms with Gasteiger partial charge in [-0.1, -0.05) is 0 Å². The summed E-state index contributed by atoms with van der Waals surface area (Å²) in [5.74, 6) is -0.0340. The number of carbonyl (C=O) groups excluding carboxylic acids is 1.